The van der Waals surface area contributed by atoms with Gasteiger partial charge in [-0.15, -0.1) is 0 Å². The zero-order chi connectivity index (χ0) is 12.9. The Kier molecular flexibility index (Phi) is 2.20. The van der Waals surface area contributed by atoms with Gasteiger partial charge in [-0.1, -0.05) is 12.1 Å². The Hall–Kier alpha value is -1.92. The molecule has 0 saturated carbocycles. The third-order valence-electron chi connectivity index (χ3n) is 2.91. The Morgan fingerprint density at radius 1 is 1.22 bits per heavy atom. The first-order valence-corrected chi connectivity index (χ1v) is 6.77. The quantitative estimate of drug-likeness (QED) is 0.724. The van der Waals surface area contributed by atoms with E-state index in [4.69, 9.17) is 0 Å². The summed E-state index contributed by atoms with van der Waals surface area (Å²) in [5.41, 5.74) is 1.59. The summed E-state index contributed by atoms with van der Waals surface area (Å²) in [5.74, 6) is 0.854. The number of rotatable bonds is 1. The van der Waals surface area contributed by atoms with Gasteiger partial charge in [0.1, 0.15) is 21.5 Å². The Balaban J connectivity index is 2.50. The molecule has 0 aliphatic carbocycles. The van der Waals surface area contributed by atoms with Crippen LogP contribution in [0.25, 0.3) is 10.8 Å². The molecule has 0 aromatic heterocycles. The van der Waals surface area contributed by atoms with Gasteiger partial charge in [-0.25, -0.2) is 18.7 Å². The van der Waals surface area contributed by atoms with Gasteiger partial charge in [0.15, 0.2) is 0 Å². The van der Waals surface area contributed by atoms with E-state index in [9.17, 15) is 13.0 Å². The topological polar surface area (TPSA) is 83.2 Å². The van der Waals surface area contributed by atoms with Crippen LogP contribution in [-0.4, -0.2) is 18.8 Å². The Labute approximate surface area is 104 Å². The monoisotopic (exact) mass is 262 g/mol. The van der Waals surface area contributed by atoms with Crippen LogP contribution in [0.15, 0.2) is 35.2 Å². The van der Waals surface area contributed by atoms with Crippen molar-refractivity contribution in [1.82, 2.24) is 0 Å². The summed E-state index contributed by atoms with van der Waals surface area (Å²) in [6, 6.07) is 8.16. The fourth-order valence-corrected chi connectivity index (χ4v) is 2.92. The molecule has 0 fully saturated rings. The predicted octanol–water partition coefficient (Wildman–Crippen LogP) is 0.300. The van der Waals surface area contributed by atoms with E-state index in [-0.39, 0.29) is 4.90 Å². The number of benzene rings is 2. The maximum Gasteiger partial charge on any atom is 0.249 e. The molecule has 0 radical (unpaired) electrons. The molecule has 18 heavy (non-hydrogen) atoms. The van der Waals surface area contributed by atoms with Crippen LogP contribution in [0.3, 0.4) is 0 Å². The van der Waals surface area contributed by atoms with Crippen molar-refractivity contribution >= 4 is 38.1 Å². The van der Waals surface area contributed by atoms with Gasteiger partial charge < -0.3 is 4.55 Å². The molecule has 2 aromatic rings. The molecular weight excluding hydrogens is 252 g/mol. The van der Waals surface area contributed by atoms with Crippen molar-refractivity contribution < 1.29 is 18.0 Å². The highest BCUT2D eigenvalue weighted by Gasteiger charge is 2.20. The molecule has 3 rings (SSSR count). The van der Waals surface area contributed by atoms with Crippen LogP contribution in [0.5, 0.6) is 0 Å². The lowest BCUT2D eigenvalue weighted by Crippen LogP contribution is -2.69. The summed E-state index contributed by atoms with van der Waals surface area (Å²) in [7, 11) is -4.47. The highest BCUT2D eigenvalue weighted by molar-refractivity contribution is 7.86. The van der Waals surface area contributed by atoms with Crippen LogP contribution in [0.2, 0.25) is 0 Å². The summed E-state index contributed by atoms with van der Waals surface area (Å²) < 4.78 is 33.7. The minimum absolute atomic E-state index is 0.189. The summed E-state index contributed by atoms with van der Waals surface area (Å²) in [4.78, 5) is 2.92. The smallest absolute Gasteiger partial charge is 0.249 e. The van der Waals surface area contributed by atoms with Crippen LogP contribution in [0, 0.1) is 0 Å². The van der Waals surface area contributed by atoms with Crippen molar-refractivity contribution in [1.29, 1.82) is 0 Å². The largest absolute Gasteiger partial charge is 0.744 e. The molecule has 2 N–H and O–H groups in total. The molecule has 1 heterocycles. The second kappa shape index (κ2) is 3.54. The second-order valence-electron chi connectivity index (χ2n) is 4.17. The first-order chi connectivity index (χ1) is 8.47. The molecule has 1 aliphatic rings. The Bertz CT molecular complexity index is 794. The number of hydrogen-bond donors (Lipinski definition) is 2. The minimum Gasteiger partial charge on any atom is -0.744 e. The van der Waals surface area contributed by atoms with E-state index >= 15 is 0 Å². The van der Waals surface area contributed by atoms with Crippen LogP contribution in [0.1, 0.15) is 6.92 Å². The number of anilines is 1. The predicted molar refractivity (Wildman–Crippen MR) is 66.8 cm³/mol. The van der Waals surface area contributed by atoms with Crippen molar-refractivity contribution in [3.8, 4) is 0 Å². The minimum atomic E-state index is -4.47. The van der Waals surface area contributed by atoms with Crippen LogP contribution in [0.4, 0.5) is 11.4 Å². The summed E-state index contributed by atoms with van der Waals surface area (Å²) in [6.07, 6.45) is 0. The average Bonchev–Trinajstić information content (AvgIpc) is 2.27. The van der Waals surface area contributed by atoms with E-state index in [1.54, 1.807) is 18.2 Å². The molecule has 0 bridgehead atoms. The number of amidine groups is 1. The van der Waals surface area contributed by atoms with Gasteiger partial charge in [-0.3, -0.25) is 0 Å². The molecule has 92 valence electrons. The van der Waals surface area contributed by atoms with Gasteiger partial charge >= 0.3 is 0 Å². The fourth-order valence-electron chi connectivity index (χ4n) is 2.24. The SMILES string of the molecule is CC1=[NH+]c2ccc(S(=O)(=O)[O-])c3cccc(c23)N1. The van der Waals surface area contributed by atoms with Crippen LogP contribution >= 0.6 is 0 Å². The zero-order valence-electron chi connectivity index (χ0n) is 9.52. The normalized spacial score (nSPS) is 14.2. The molecular formula is C12H10N2O3S. The third kappa shape index (κ3) is 1.58. The van der Waals surface area contributed by atoms with E-state index < -0.39 is 10.1 Å². The molecule has 0 amide bonds. The van der Waals surface area contributed by atoms with Crippen LogP contribution < -0.4 is 10.3 Å². The number of hydrogen-bond acceptors (Lipinski definition) is 4. The molecule has 1 aliphatic heterocycles. The Morgan fingerprint density at radius 2 is 2.00 bits per heavy atom. The summed E-state index contributed by atoms with van der Waals surface area (Å²) in [6.45, 7) is 1.88. The maximum atomic E-state index is 11.2. The molecule has 5 nitrogen and oxygen atoms in total. The fraction of sp³-hybridized carbons (Fsp3) is 0.0833. The zero-order valence-corrected chi connectivity index (χ0v) is 10.3. The lowest BCUT2D eigenvalue weighted by molar-refractivity contribution is -0.352. The lowest BCUT2D eigenvalue weighted by atomic mass is 10.1. The first-order valence-electron chi connectivity index (χ1n) is 5.36. The standard InChI is InChI=1S/C12H10N2O3S/c1-7-13-9-4-2-3-8-11(18(15,16)17)6-5-10(14-7)12(8)9/h2-6H,1H3,(H,13,14)(H,15,16,17). The second-order valence-corrected chi connectivity index (χ2v) is 5.52. The van der Waals surface area contributed by atoms with Gasteiger partial charge in [-0.05, 0) is 18.2 Å². The Morgan fingerprint density at radius 3 is 2.72 bits per heavy atom. The molecule has 0 saturated heterocycles. The molecule has 0 unspecified atom stereocenters. The van der Waals surface area contributed by atoms with Gasteiger partial charge in [0, 0.05) is 12.3 Å². The molecule has 0 atom stereocenters. The third-order valence-corrected chi connectivity index (χ3v) is 3.81. The van der Waals surface area contributed by atoms with E-state index in [0.717, 1.165) is 22.6 Å². The summed E-state index contributed by atoms with van der Waals surface area (Å²) in [5, 5.41) is 4.27. The van der Waals surface area contributed by atoms with Crippen molar-refractivity contribution in [3.63, 3.8) is 0 Å². The van der Waals surface area contributed by atoms with Crippen molar-refractivity contribution in [2.24, 2.45) is 0 Å². The average molecular weight is 262 g/mol. The van der Waals surface area contributed by atoms with Gasteiger partial charge in [-0.2, -0.15) is 0 Å². The van der Waals surface area contributed by atoms with Crippen molar-refractivity contribution in [2.75, 3.05) is 5.32 Å². The van der Waals surface area contributed by atoms with Gasteiger partial charge in [0.25, 0.3) is 0 Å². The molecule has 2 aromatic carbocycles. The van der Waals surface area contributed by atoms with Crippen molar-refractivity contribution in [2.45, 2.75) is 11.8 Å². The number of nitrogens with one attached hydrogen (secondary N) is 2. The van der Waals surface area contributed by atoms with Crippen LogP contribution in [-0.2, 0) is 10.1 Å². The van der Waals surface area contributed by atoms with Gasteiger partial charge in [0.2, 0.25) is 5.84 Å². The van der Waals surface area contributed by atoms with E-state index in [0.29, 0.717) is 5.39 Å². The lowest BCUT2D eigenvalue weighted by Gasteiger charge is -2.15. The summed E-state index contributed by atoms with van der Waals surface area (Å²) >= 11 is 0. The van der Waals surface area contributed by atoms with E-state index in [1.807, 2.05) is 13.0 Å². The van der Waals surface area contributed by atoms with Gasteiger partial charge in [0.05, 0.1) is 10.3 Å². The highest BCUT2D eigenvalue weighted by Crippen LogP contribution is 2.33. The maximum absolute atomic E-state index is 11.2. The molecule has 0 spiro atoms. The van der Waals surface area contributed by atoms with E-state index in [1.165, 1.54) is 6.07 Å². The first kappa shape index (κ1) is 11.2. The molecule has 6 heteroatoms. The highest BCUT2D eigenvalue weighted by atomic mass is 32.2. The van der Waals surface area contributed by atoms with Crippen molar-refractivity contribution in [3.05, 3.63) is 30.3 Å². The van der Waals surface area contributed by atoms with E-state index in [2.05, 4.69) is 10.3 Å².